The van der Waals surface area contributed by atoms with E-state index in [0.717, 1.165) is 16.6 Å². The first-order valence-corrected chi connectivity index (χ1v) is 9.15. The quantitative estimate of drug-likeness (QED) is 0.404. The summed E-state index contributed by atoms with van der Waals surface area (Å²) in [5.41, 5.74) is 8.61. The number of fused-ring (bicyclic) bond motifs is 1. The van der Waals surface area contributed by atoms with Crippen LogP contribution in [-0.2, 0) is 11.2 Å². The Bertz CT molecular complexity index is 1040. The van der Waals surface area contributed by atoms with Crippen molar-refractivity contribution in [2.45, 2.75) is 19.3 Å². The van der Waals surface area contributed by atoms with Crippen molar-refractivity contribution < 1.29 is 9.59 Å². The van der Waals surface area contributed by atoms with Gasteiger partial charge in [-0.05, 0) is 42.7 Å². The van der Waals surface area contributed by atoms with Crippen LogP contribution < -0.4 is 22.1 Å². The number of aromatic nitrogens is 2. The summed E-state index contributed by atoms with van der Waals surface area (Å²) in [6.07, 6.45) is 1.67. The molecule has 0 spiro atoms. The number of carbonyl (C=O) groups is 2. The van der Waals surface area contributed by atoms with Crippen LogP contribution in [0.15, 0.2) is 47.3 Å². The van der Waals surface area contributed by atoms with Gasteiger partial charge in [0, 0.05) is 19.5 Å². The van der Waals surface area contributed by atoms with Crippen LogP contribution in [-0.4, -0.2) is 34.9 Å². The summed E-state index contributed by atoms with van der Waals surface area (Å²) < 4.78 is 0. The molecular formula is C20H23N5O3. The molecule has 0 bridgehead atoms. The predicted molar refractivity (Wildman–Crippen MR) is 108 cm³/mol. The van der Waals surface area contributed by atoms with Gasteiger partial charge in [-0.1, -0.05) is 18.2 Å². The second kappa shape index (κ2) is 9.01. The maximum Gasteiger partial charge on any atom is 0.323 e. The molecule has 0 saturated carbocycles. The average molecular weight is 381 g/mol. The number of H-pyrrole nitrogens is 2. The number of para-hydroxylation sites is 1. The van der Waals surface area contributed by atoms with Gasteiger partial charge in [0.1, 0.15) is 0 Å². The van der Waals surface area contributed by atoms with Crippen LogP contribution in [0.25, 0.3) is 11.0 Å². The van der Waals surface area contributed by atoms with Crippen molar-refractivity contribution in [3.8, 4) is 0 Å². The predicted octanol–water partition coefficient (Wildman–Crippen LogP) is 1.51. The minimum atomic E-state index is -0.268. The van der Waals surface area contributed by atoms with Crippen molar-refractivity contribution in [1.29, 1.82) is 0 Å². The number of imidazole rings is 1. The first-order chi connectivity index (χ1) is 13.6. The molecular weight excluding hydrogens is 358 g/mol. The standard InChI is InChI=1S/C20H23N5O3/c21-10-11-22-19(27)14-5-1-2-6-15(14)23-18(26)7-3-4-13-8-9-16-17(12-13)25-20(28)24-16/h1-2,5-6,8-9,12H,3-4,7,10-11,21H2,(H,22,27)(H,23,26)(H2,24,25,28). The second-order valence-electron chi connectivity index (χ2n) is 6.45. The van der Waals surface area contributed by atoms with Crippen molar-refractivity contribution in [3.05, 3.63) is 64.1 Å². The largest absolute Gasteiger partial charge is 0.351 e. The molecule has 146 valence electrons. The number of benzene rings is 2. The molecule has 2 amide bonds. The van der Waals surface area contributed by atoms with E-state index in [0.29, 0.717) is 43.6 Å². The van der Waals surface area contributed by atoms with Gasteiger partial charge in [0.25, 0.3) is 5.91 Å². The van der Waals surface area contributed by atoms with Crippen LogP contribution in [0.2, 0.25) is 0 Å². The van der Waals surface area contributed by atoms with E-state index in [1.165, 1.54) is 0 Å². The molecule has 8 nitrogen and oxygen atoms in total. The number of hydrogen-bond donors (Lipinski definition) is 5. The van der Waals surface area contributed by atoms with Crippen molar-refractivity contribution >= 4 is 28.5 Å². The van der Waals surface area contributed by atoms with Crippen LogP contribution in [0.5, 0.6) is 0 Å². The number of amides is 2. The highest BCUT2D eigenvalue weighted by Gasteiger charge is 2.12. The Kier molecular flexibility index (Phi) is 6.23. The molecule has 0 saturated heterocycles. The van der Waals surface area contributed by atoms with E-state index >= 15 is 0 Å². The summed E-state index contributed by atoms with van der Waals surface area (Å²) >= 11 is 0. The lowest BCUT2D eigenvalue weighted by Gasteiger charge is -2.11. The number of aromatic amines is 2. The fourth-order valence-corrected chi connectivity index (χ4v) is 2.97. The zero-order valence-electron chi connectivity index (χ0n) is 15.4. The SMILES string of the molecule is NCCNC(=O)c1ccccc1NC(=O)CCCc1ccc2[nH]c(=O)[nH]c2c1. The molecule has 0 radical (unpaired) electrons. The topological polar surface area (TPSA) is 133 Å². The highest BCUT2D eigenvalue weighted by molar-refractivity contribution is 6.03. The zero-order valence-corrected chi connectivity index (χ0v) is 15.4. The summed E-state index contributed by atoms with van der Waals surface area (Å²) in [5, 5.41) is 5.50. The fourth-order valence-electron chi connectivity index (χ4n) is 2.97. The molecule has 0 aliphatic carbocycles. The number of carbonyl (C=O) groups excluding carboxylic acids is 2. The van der Waals surface area contributed by atoms with E-state index in [1.807, 2.05) is 18.2 Å². The third-order valence-corrected chi connectivity index (χ3v) is 4.33. The lowest BCUT2D eigenvalue weighted by atomic mass is 10.1. The lowest BCUT2D eigenvalue weighted by molar-refractivity contribution is -0.116. The summed E-state index contributed by atoms with van der Waals surface area (Å²) in [4.78, 5) is 41.2. The van der Waals surface area contributed by atoms with Crippen LogP contribution >= 0.6 is 0 Å². The molecule has 28 heavy (non-hydrogen) atoms. The van der Waals surface area contributed by atoms with Crippen molar-refractivity contribution in [2.24, 2.45) is 5.73 Å². The minimum Gasteiger partial charge on any atom is -0.351 e. The van der Waals surface area contributed by atoms with E-state index in [9.17, 15) is 14.4 Å². The summed E-state index contributed by atoms with van der Waals surface area (Å²) in [5.74, 6) is -0.426. The minimum absolute atomic E-state index is 0.157. The zero-order chi connectivity index (χ0) is 19.9. The highest BCUT2D eigenvalue weighted by Crippen LogP contribution is 2.16. The number of anilines is 1. The third-order valence-electron chi connectivity index (χ3n) is 4.33. The van der Waals surface area contributed by atoms with Gasteiger partial charge in [-0.25, -0.2) is 4.79 Å². The molecule has 8 heteroatoms. The highest BCUT2D eigenvalue weighted by atomic mass is 16.2. The van der Waals surface area contributed by atoms with Gasteiger partial charge >= 0.3 is 5.69 Å². The van der Waals surface area contributed by atoms with Gasteiger partial charge in [-0.15, -0.1) is 0 Å². The van der Waals surface area contributed by atoms with Gasteiger partial charge in [0.15, 0.2) is 0 Å². The Labute approximate surface area is 161 Å². The summed E-state index contributed by atoms with van der Waals surface area (Å²) in [6, 6.07) is 12.6. The molecule has 0 aliphatic heterocycles. The van der Waals surface area contributed by atoms with E-state index in [-0.39, 0.29) is 17.5 Å². The molecule has 0 aliphatic rings. The normalized spacial score (nSPS) is 10.8. The Morgan fingerprint density at radius 3 is 2.64 bits per heavy atom. The number of hydrogen-bond acceptors (Lipinski definition) is 4. The number of rotatable bonds is 8. The molecule has 3 rings (SSSR count). The second-order valence-corrected chi connectivity index (χ2v) is 6.45. The van der Waals surface area contributed by atoms with E-state index in [2.05, 4.69) is 20.6 Å². The summed E-state index contributed by atoms with van der Waals surface area (Å²) in [6.45, 7) is 0.723. The molecule has 0 unspecified atom stereocenters. The maximum atomic E-state index is 12.3. The van der Waals surface area contributed by atoms with Gasteiger partial charge in [-0.3, -0.25) is 9.59 Å². The molecule has 0 atom stereocenters. The number of aryl methyl sites for hydroxylation is 1. The Morgan fingerprint density at radius 2 is 1.82 bits per heavy atom. The molecule has 3 aromatic rings. The molecule has 1 aromatic heterocycles. The van der Waals surface area contributed by atoms with Crippen molar-refractivity contribution in [2.75, 3.05) is 18.4 Å². The average Bonchev–Trinajstić information content (AvgIpc) is 3.05. The third kappa shape index (κ3) is 4.86. The van der Waals surface area contributed by atoms with Crippen LogP contribution in [0.1, 0.15) is 28.8 Å². The first kappa shape index (κ1) is 19.4. The summed E-state index contributed by atoms with van der Waals surface area (Å²) in [7, 11) is 0. The lowest BCUT2D eigenvalue weighted by Crippen LogP contribution is -2.29. The monoisotopic (exact) mass is 381 g/mol. The van der Waals surface area contributed by atoms with Crippen LogP contribution in [0, 0.1) is 0 Å². The van der Waals surface area contributed by atoms with Crippen LogP contribution in [0.4, 0.5) is 5.69 Å². The van der Waals surface area contributed by atoms with Crippen molar-refractivity contribution in [3.63, 3.8) is 0 Å². The van der Waals surface area contributed by atoms with E-state index in [1.54, 1.807) is 24.3 Å². The van der Waals surface area contributed by atoms with E-state index in [4.69, 9.17) is 5.73 Å². The fraction of sp³-hybridized carbons (Fsp3) is 0.250. The van der Waals surface area contributed by atoms with Crippen molar-refractivity contribution in [1.82, 2.24) is 15.3 Å². The smallest absolute Gasteiger partial charge is 0.323 e. The van der Waals surface area contributed by atoms with Gasteiger partial charge in [0.05, 0.1) is 22.3 Å². The number of nitrogens with one attached hydrogen (secondary N) is 4. The Balaban J connectivity index is 1.55. The molecule has 2 aromatic carbocycles. The van der Waals surface area contributed by atoms with Gasteiger partial charge < -0.3 is 26.3 Å². The molecule has 6 N–H and O–H groups in total. The Hall–Kier alpha value is -3.39. The number of nitrogens with two attached hydrogens (primary N) is 1. The van der Waals surface area contributed by atoms with E-state index < -0.39 is 0 Å². The van der Waals surface area contributed by atoms with Gasteiger partial charge in [0.2, 0.25) is 5.91 Å². The Morgan fingerprint density at radius 1 is 1.04 bits per heavy atom. The van der Waals surface area contributed by atoms with Gasteiger partial charge in [-0.2, -0.15) is 0 Å². The molecule has 1 heterocycles. The molecule has 0 fully saturated rings. The maximum absolute atomic E-state index is 12.3. The first-order valence-electron chi connectivity index (χ1n) is 9.15. The van der Waals surface area contributed by atoms with Crippen LogP contribution in [0.3, 0.4) is 0 Å².